The van der Waals surface area contributed by atoms with Gasteiger partial charge in [-0.15, -0.1) is 0 Å². The molecule has 5 unspecified atom stereocenters. The van der Waals surface area contributed by atoms with E-state index in [1.165, 1.54) is 6.07 Å². The number of hydrogen-bond acceptors (Lipinski definition) is 5. The van der Waals surface area contributed by atoms with Gasteiger partial charge in [0, 0.05) is 6.07 Å². The van der Waals surface area contributed by atoms with Gasteiger partial charge in [-0.3, -0.25) is 19.7 Å². The average molecular weight is 480 g/mol. The molecule has 1 saturated carbocycles. The van der Waals surface area contributed by atoms with E-state index in [0.717, 1.165) is 22.4 Å². The molecule has 2 fully saturated rings. The number of nitro groups is 1. The number of nitrogens with zero attached hydrogens (tertiary/aromatic N) is 2. The first-order valence-corrected chi connectivity index (χ1v) is 12.2. The molecule has 6 rings (SSSR count). The van der Waals surface area contributed by atoms with Crippen LogP contribution >= 0.6 is 0 Å². The van der Waals surface area contributed by atoms with Crippen LogP contribution in [0.2, 0.25) is 0 Å². The second-order valence-corrected chi connectivity index (χ2v) is 9.77. The molecule has 2 bridgehead atoms. The van der Waals surface area contributed by atoms with Crippen LogP contribution in [0.3, 0.4) is 0 Å². The number of amides is 2. The van der Waals surface area contributed by atoms with Crippen LogP contribution in [0.25, 0.3) is 0 Å². The summed E-state index contributed by atoms with van der Waals surface area (Å²) in [6.45, 7) is 0. The molecule has 7 nitrogen and oxygen atoms in total. The van der Waals surface area contributed by atoms with Crippen molar-refractivity contribution in [3.05, 3.63) is 112 Å². The van der Waals surface area contributed by atoms with Crippen LogP contribution in [0.15, 0.2) is 91.0 Å². The Bertz CT molecular complexity index is 1340. The fourth-order valence-corrected chi connectivity index (χ4v) is 6.06. The number of nitrogens with one attached hydrogen (secondary N) is 1. The Morgan fingerprint density at radius 2 is 1.50 bits per heavy atom. The highest BCUT2D eigenvalue weighted by atomic mass is 16.6. The normalized spacial score (nSPS) is 24.7. The molecule has 1 heterocycles. The van der Waals surface area contributed by atoms with Gasteiger partial charge < -0.3 is 5.32 Å². The first-order chi connectivity index (χ1) is 17.5. The van der Waals surface area contributed by atoms with Crippen molar-refractivity contribution in [2.75, 3.05) is 10.2 Å². The molecule has 0 aromatic heterocycles. The predicted octanol–water partition coefficient (Wildman–Crippen LogP) is 5.30. The van der Waals surface area contributed by atoms with Crippen molar-refractivity contribution in [3.63, 3.8) is 0 Å². The van der Waals surface area contributed by atoms with Crippen molar-refractivity contribution in [3.8, 4) is 0 Å². The van der Waals surface area contributed by atoms with E-state index < -0.39 is 4.92 Å². The molecule has 1 aliphatic heterocycles. The summed E-state index contributed by atoms with van der Waals surface area (Å²) >= 11 is 0. The van der Waals surface area contributed by atoms with Gasteiger partial charge in [0.25, 0.3) is 5.69 Å². The first-order valence-electron chi connectivity index (χ1n) is 12.2. The third kappa shape index (κ3) is 3.68. The summed E-state index contributed by atoms with van der Waals surface area (Å²) < 4.78 is 0. The Morgan fingerprint density at radius 1 is 0.889 bits per heavy atom. The number of fused-ring (bicyclic) bond motifs is 5. The van der Waals surface area contributed by atoms with Gasteiger partial charge in [-0.25, -0.2) is 4.90 Å². The van der Waals surface area contributed by atoms with Crippen LogP contribution in [0.4, 0.5) is 17.1 Å². The highest BCUT2D eigenvalue weighted by Gasteiger charge is 2.59. The minimum atomic E-state index is -0.465. The lowest BCUT2D eigenvalue weighted by Crippen LogP contribution is -2.32. The van der Waals surface area contributed by atoms with E-state index in [9.17, 15) is 19.7 Å². The third-order valence-corrected chi connectivity index (χ3v) is 7.72. The highest BCUT2D eigenvalue weighted by Crippen LogP contribution is 2.53. The van der Waals surface area contributed by atoms with E-state index in [2.05, 4.69) is 5.32 Å². The lowest BCUT2D eigenvalue weighted by Gasteiger charge is -2.22. The SMILES string of the molecule is O=C1C2C3C=CC(C3)C2C(=O)N1c1ccc(NC(Cc2ccccc2)c2ccccc2)c([N+](=O)[O-])c1. The number of anilines is 2. The maximum Gasteiger partial charge on any atom is 0.294 e. The van der Waals surface area contributed by atoms with Crippen LogP contribution in [-0.4, -0.2) is 16.7 Å². The van der Waals surface area contributed by atoms with Crippen molar-refractivity contribution in [1.29, 1.82) is 0 Å². The molecule has 3 aromatic carbocycles. The molecule has 1 N–H and O–H groups in total. The number of carbonyl (C=O) groups excluding carboxylic acids is 2. The Kier molecular flexibility index (Phi) is 5.40. The second kappa shape index (κ2) is 8.75. The Morgan fingerprint density at radius 3 is 2.11 bits per heavy atom. The fourth-order valence-electron chi connectivity index (χ4n) is 6.06. The molecule has 3 aliphatic rings. The first kappa shape index (κ1) is 22.2. The lowest BCUT2D eigenvalue weighted by atomic mass is 9.85. The highest BCUT2D eigenvalue weighted by molar-refractivity contribution is 6.23. The second-order valence-electron chi connectivity index (χ2n) is 9.77. The van der Waals surface area contributed by atoms with E-state index in [4.69, 9.17) is 0 Å². The summed E-state index contributed by atoms with van der Waals surface area (Å²) in [7, 11) is 0. The van der Waals surface area contributed by atoms with E-state index in [1.54, 1.807) is 12.1 Å². The molecule has 2 aliphatic carbocycles. The van der Waals surface area contributed by atoms with Crippen molar-refractivity contribution in [2.24, 2.45) is 23.7 Å². The summed E-state index contributed by atoms with van der Waals surface area (Å²) in [6.07, 6.45) is 5.54. The van der Waals surface area contributed by atoms with Gasteiger partial charge in [-0.2, -0.15) is 0 Å². The van der Waals surface area contributed by atoms with Crippen molar-refractivity contribution in [1.82, 2.24) is 0 Å². The third-order valence-electron chi connectivity index (χ3n) is 7.72. The number of imide groups is 1. The summed E-state index contributed by atoms with van der Waals surface area (Å²) in [5.74, 6) is -1.02. The number of allylic oxidation sites excluding steroid dienone is 2. The topological polar surface area (TPSA) is 92.6 Å². The smallest absolute Gasteiger partial charge is 0.294 e. The molecule has 1 saturated heterocycles. The number of benzene rings is 3. The van der Waals surface area contributed by atoms with Gasteiger partial charge in [-0.05, 0) is 47.9 Å². The van der Waals surface area contributed by atoms with E-state index in [-0.39, 0.29) is 52.9 Å². The summed E-state index contributed by atoms with van der Waals surface area (Å²) in [5.41, 5.74) is 2.53. The maximum absolute atomic E-state index is 13.2. The summed E-state index contributed by atoms with van der Waals surface area (Å²) in [5, 5.41) is 15.5. The fraction of sp³-hybridized carbons (Fsp3) is 0.241. The zero-order valence-electron chi connectivity index (χ0n) is 19.5. The molecular formula is C29H25N3O4. The zero-order valence-corrected chi connectivity index (χ0v) is 19.5. The van der Waals surface area contributed by atoms with Crippen molar-refractivity contribution >= 4 is 28.9 Å². The molecular weight excluding hydrogens is 454 g/mol. The molecule has 180 valence electrons. The predicted molar refractivity (Wildman–Crippen MR) is 136 cm³/mol. The van der Waals surface area contributed by atoms with Crippen LogP contribution in [-0.2, 0) is 16.0 Å². The average Bonchev–Trinajstić information content (AvgIpc) is 3.58. The van der Waals surface area contributed by atoms with E-state index in [1.807, 2.05) is 72.8 Å². The van der Waals surface area contributed by atoms with Crippen LogP contribution < -0.4 is 10.2 Å². The van der Waals surface area contributed by atoms with Crippen molar-refractivity contribution < 1.29 is 14.5 Å². The molecule has 0 radical (unpaired) electrons. The molecule has 3 aromatic rings. The summed E-state index contributed by atoms with van der Waals surface area (Å²) in [6, 6.07) is 24.1. The lowest BCUT2D eigenvalue weighted by molar-refractivity contribution is -0.383. The van der Waals surface area contributed by atoms with Gasteiger partial charge in [0.1, 0.15) is 5.69 Å². The minimum absolute atomic E-state index is 0.0852. The largest absolute Gasteiger partial charge is 0.372 e. The standard InChI is InChI=1S/C29H25N3O4/c33-28-26-20-11-12-21(16-20)27(26)29(34)31(28)22-13-14-23(25(17-22)32(35)36)30-24(19-9-5-2-6-10-19)15-18-7-3-1-4-8-18/h1-14,17,20-21,24,26-27,30H,15-16H2. The van der Waals surface area contributed by atoms with Gasteiger partial charge in [0.05, 0.1) is 28.5 Å². The Balaban J connectivity index is 1.32. The van der Waals surface area contributed by atoms with E-state index in [0.29, 0.717) is 12.1 Å². The van der Waals surface area contributed by atoms with Crippen LogP contribution in [0.1, 0.15) is 23.6 Å². The minimum Gasteiger partial charge on any atom is -0.372 e. The number of nitro benzene ring substituents is 1. The van der Waals surface area contributed by atoms with Crippen LogP contribution in [0.5, 0.6) is 0 Å². The molecule has 7 heteroatoms. The van der Waals surface area contributed by atoms with Gasteiger partial charge in [0.2, 0.25) is 11.8 Å². The number of rotatable bonds is 7. The monoisotopic (exact) mass is 479 g/mol. The number of hydrogen-bond donors (Lipinski definition) is 1. The number of carbonyl (C=O) groups is 2. The van der Waals surface area contributed by atoms with Gasteiger partial charge in [0.15, 0.2) is 0 Å². The zero-order chi connectivity index (χ0) is 24.8. The Hall–Kier alpha value is -4.26. The van der Waals surface area contributed by atoms with Crippen molar-refractivity contribution in [2.45, 2.75) is 18.9 Å². The molecule has 5 atom stereocenters. The Labute approximate surface area is 208 Å². The van der Waals surface area contributed by atoms with Gasteiger partial charge >= 0.3 is 0 Å². The quantitative estimate of drug-likeness (QED) is 0.215. The van der Waals surface area contributed by atoms with Gasteiger partial charge in [-0.1, -0.05) is 72.8 Å². The van der Waals surface area contributed by atoms with E-state index >= 15 is 0 Å². The molecule has 36 heavy (non-hydrogen) atoms. The molecule has 2 amide bonds. The molecule has 0 spiro atoms. The van der Waals surface area contributed by atoms with Crippen LogP contribution in [0, 0.1) is 33.8 Å². The summed E-state index contributed by atoms with van der Waals surface area (Å²) in [4.78, 5) is 39.2. The maximum atomic E-state index is 13.2.